The van der Waals surface area contributed by atoms with E-state index in [1.165, 1.54) is 6.92 Å². The highest BCUT2D eigenvalue weighted by atomic mass is 35.5. The lowest BCUT2D eigenvalue weighted by Gasteiger charge is -2.19. The molecule has 208 valence electrons. The lowest BCUT2D eigenvalue weighted by Crippen LogP contribution is -2.34. The summed E-state index contributed by atoms with van der Waals surface area (Å²) in [6, 6.07) is 4.11. The predicted octanol–water partition coefficient (Wildman–Crippen LogP) is 8.62. The van der Waals surface area contributed by atoms with Crippen LogP contribution in [0.4, 0.5) is 35.1 Å². The van der Waals surface area contributed by atoms with Crippen LogP contribution in [-0.2, 0) is 11.0 Å². The van der Waals surface area contributed by atoms with Crippen LogP contribution in [0.5, 0.6) is 0 Å². The van der Waals surface area contributed by atoms with Gasteiger partial charge in [0.1, 0.15) is 0 Å². The molecule has 0 heterocycles. The van der Waals surface area contributed by atoms with Gasteiger partial charge in [0, 0.05) is 17.9 Å². The van der Waals surface area contributed by atoms with Crippen LogP contribution in [0.1, 0.15) is 46.3 Å². The van der Waals surface area contributed by atoms with Crippen molar-refractivity contribution in [2.45, 2.75) is 38.0 Å². The molecular formula is C24H18Cl3F8NO2. The molecule has 0 spiro atoms. The Bertz CT molecular complexity index is 1190. The second kappa shape index (κ2) is 12.7. The van der Waals surface area contributed by atoms with E-state index in [0.29, 0.717) is 12.1 Å². The van der Waals surface area contributed by atoms with E-state index >= 15 is 0 Å². The van der Waals surface area contributed by atoms with E-state index in [4.69, 9.17) is 34.8 Å². The first kappa shape index (κ1) is 31.8. The van der Waals surface area contributed by atoms with Gasteiger partial charge >= 0.3 is 12.4 Å². The first-order valence-corrected chi connectivity index (χ1v) is 11.7. The summed E-state index contributed by atoms with van der Waals surface area (Å²) in [7, 11) is 0. The topological polar surface area (TPSA) is 46.2 Å². The van der Waals surface area contributed by atoms with Gasteiger partial charge in [-0.1, -0.05) is 66.0 Å². The number of rotatable bonds is 9. The van der Waals surface area contributed by atoms with Crippen molar-refractivity contribution in [3.8, 4) is 0 Å². The summed E-state index contributed by atoms with van der Waals surface area (Å²) >= 11 is 17.4. The summed E-state index contributed by atoms with van der Waals surface area (Å²) in [6.07, 6.45) is -12.1. The maximum Gasteiger partial charge on any atom is 0.417 e. The normalized spacial score (nSPS) is 14.1. The summed E-state index contributed by atoms with van der Waals surface area (Å²) in [4.78, 5) is 24.3. The minimum absolute atomic E-state index is 0.169. The van der Waals surface area contributed by atoms with Gasteiger partial charge in [-0.05, 0) is 29.3 Å². The zero-order chi connectivity index (χ0) is 29.0. The number of hydrogen-bond donors (Lipinski definition) is 1. The number of hydrogen-bond acceptors (Lipinski definition) is 2. The largest absolute Gasteiger partial charge is 0.417 e. The van der Waals surface area contributed by atoms with Crippen molar-refractivity contribution in [3.05, 3.63) is 73.7 Å². The molecule has 3 nitrogen and oxygen atoms in total. The van der Waals surface area contributed by atoms with Gasteiger partial charge in [-0.25, -0.2) is 8.78 Å². The SMILES string of the molecule is CC(CC(=O)c1ccc(/C=C/C(c2cc(Cl)c(Cl)c(Cl)c2)C(F)(F)F)cc1C(F)(F)F)C(=O)NCC(F)F. The Balaban J connectivity index is 2.39. The molecule has 1 N–H and O–H groups in total. The average Bonchev–Trinajstić information content (AvgIpc) is 2.79. The number of nitrogens with one attached hydrogen (secondary N) is 1. The molecule has 0 aliphatic rings. The van der Waals surface area contributed by atoms with Crippen LogP contribution in [0.25, 0.3) is 6.08 Å². The number of carbonyl (C=O) groups is 2. The Morgan fingerprint density at radius 1 is 0.974 bits per heavy atom. The Kier molecular flexibility index (Phi) is 10.6. The first-order valence-electron chi connectivity index (χ1n) is 10.6. The highest BCUT2D eigenvalue weighted by molar-refractivity contribution is 6.48. The van der Waals surface area contributed by atoms with Crippen molar-refractivity contribution < 1.29 is 44.7 Å². The fourth-order valence-corrected chi connectivity index (χ4v) is 3.96. The van der Waals surface area contributed by atoms with E-state index < -0.39 is 72.0 Å². The Morgan fingerprint density at radius 3 is 2.05 bits per heavy atom. The summed E-state index contributed by atoms with van der Waals surface area (Å²) in [5, 5.41) is 1.19. The fourth-order valence-electron chi connectivity index (χ4n) is 3.35. The summed E-state index contributed by atoms with van der Waals surface area (Å²) in [5.41, 5.74) is -2.98. The van der Waals surface area contributed by atoms with Crippen LogP contribution in [0, 0.1) is 5.92 Å². The zero-order valence-electron chi connectivity index (χ0n) is 19.2. The van der Waals surface area contributed by atoms with E-state index in [9.17, 15) is 44.7 Å². The monoisotopic (exact) mass is 609 g/mol. The molecule has 0 aliphatic carbocycles. The predicted molar refractivity (Wildman–Crippen MR) is 128 cm³/mol. The summed E-state index contributed by atoms with van der Waals surface area (Å²) < 4.78 is 107. The molecule has 38 heavy (non-hydrogen) atoms. The van der Waals surface area contributed by atoms with E-state index in [0.717, 1.165) is 30.3 Å². The molecule has 2 atom stereocenters. The van der Waals surface area contributed by atoms with Crippen molar-refractivity contribution in [1.29, 1.82) is 0 Å². The number of ketones is 1. The molecule has 2 unspecified atom stereocenters. The van der Waals surface area contributed by atoms with E-state index in [-0.39, 0.29) is 20.6 Å². The number of halogens is 11. The standard InChI is InChI=1S/C24H18Cl3F8NO2/c1-11(22(38)36-10-20(28)29)6-19(37)14-4-2-12(7-16(14)24(33,34)35)3-5-15(23(30,31)32)13-8-17(25)21(27)18(26)9-13/h2-5,7-9,11,15,20H,6,10H2,1H3,(H,36,38)/b5-3+. The second-order valence-corrected chi connectivity index (χ2v) is 9.34. The van der Waals surface area contributed by atoms with Crippen molar-refractivity contribution in [1.82, 2.24) is 5.32 Å². The molecule has 0 saturated heterocycles. The van der Waals surface area contributed by atoms with Crippen LogP contribution < -0.4 is 5.32 Å². The molecule has 0 bridgehead atoms. The maximum atomic E-state index is 13.7. The highest BCUT2D eigenvalue weighted by Gasteiger charge is 2.40. The molecule has 0 saturated carbocycles. The van der Waals surface area contributed by atoms with Gasteiger partial charge in [0.25, 0.3) is 6.43 Å². The molecule has 0 radical (unpaired) electrons. The number of benzene rings is 2. The summed E-state index contributed by atoms with van der Waals surface area (Å²) in [6.45, 7) is 0.190. The van der Waals surface area contributed by atoms with Crippen LogP contribution >= 0.6 is 34.8 Å². The number of alkyl halides is 8. The van der Waals surface area contributed by atoms with Gasteiger partial charge in [-0.2, -0.15) is 26.3 Å². The van der Waals surface area contributed by atoms with E-state index in [2.05, 4.69) is 0 Å². The first-order chi connectivity index (χ1) is 17.4. The third-order valence-electron chi connectivity index (χ3n) is 5.22. The van der Waals surface area contributed by atoms with Crippen LogP contribution in [0.2, 0.25) is 15.1 Å². The molecule has 2 rings (SSSR count). The van der Waals surface area contributed by atoms with Gasteiger partial charge < -0.3 is 5.32 Å². The quantitative estimate of drug-likeness (QED) is 0.176. The van der Waals surface area contributed by atoms with E-state index in [1.807, 2.05) is 5.32 Å². The van der Waals surface area contributed by atoms with Gasteiger partial charge in [0.05, 0.1) is 33.1 Å². The molecule has 1 amide bonds. The van der Waals surface area contributed by atoms with Gasteiger partial charge in [-0.3, -0.25) is 9.59 Å². The zero-order valence-corrected chi connectivity index (χ0v) is 21.4. The van der Waals surface area contributed by atoms with Gasteiger partial charge in [-0.15, -0.1) is 0 Å². The third-order valence-corrected chi connectivity index (χ3v) is 6.42. The van der Waals surface area contributed by atoms with Crippen molar-refractivity contribution in [2.24, 2.45) is 5.92 Å². The van der Waals surface area contributed by atoms with Crippen molar-refractivity contribution >= 4 is 52.6 Å². The van der Waals surface area contributed by atoms with Gasteiger partial charge in [0.15, 0.2) is 5.78 Å². The molecule has 2 aromatic rings. The Hall–Kier alpha value is -2.37. The lowest BCUT2D eigenvalue weighted by molar-refractivity contribution is -0.139. The minimum Gasteiger partial charge on any atom is -0.350 e. The maximum absolute atomic E-state index is 13.7. The van der Waals surface area contributed by atoms with Gasteiger partial charge in [0.2, 0.25) is 5.91 Å². The van der Waals surface area contributed by atoms with Crippen molar-refractivity contribution in [3.63, 3.8) is 0 Å². The number of allylic oxidation sites excluding steroid dienone is 1. The number of carbonyl (C=O) groups excluding carboxylic acids is 2. The molecule has 2 aromatic carbocycles. The molecule has 0 aromatic heterocycles. The number of Topliss-reactive ketones (excluding diaryl/α,β-unsaturated/α-hetero) is 1. The van der Waals surface area contributed by atoms with Crippen LogP contribution in [0.15, 0.2) is 36.4 Å². The average molecular weight is 611 g/mol. The lowest BCUT2D eigenvalue weighted by atomic mass is 9.93. The third kappa shape index (κ3) is 8.57. The van der Waals surface area contributed by atoms with Crippen LogP contribution in [-0.4, -0.2) is 30.8 Å². The Labute approximate surface area is 226 Å². The van der Waals surface area contributed by atoms with Crippen molar-refractivity contribution in [2.75, 3.05) is 6.54 Å². The van der Waals surface area contributed by atoms with E-state index in [1.54, 1.807) is 0 Å². The smallest absolute Gasteiger partial charge is 0.350 e. The minimum atomic E-state index is -5.07. The fraction of sp³-hybridized carbons (Fsp3) is 0.333. The molecule has 0 aliphatic heterocycles. The molecule has 0 fully saturated rings. The Morgan fingerprint density at radius 2 is 1.55 bits per heavy atom. The number of amides is 1. The summed E-state index contributed by atoms with van der Waals surface area (Å²) in [5.74, 6) is -5.58. The highest BCUT2D eigenvalue weighted by Crippen LogP contribution is 2.41. The second-order valence-electron chi connectivity index (χ2n) is 8.14. The molecular weight excluding hydrogens is 593 g/mol. The van der Waals surface area contributed by atoms with Crippen LogP contribution in [0.3, 0.4) is 0 Å². The molecule has 14 heteroatoms.